The fraction of sp³-hybridized carbons (Fsp3) is 0.200. The topological polar surface area (TPSA) is 73.8 Å². The average molecular weight is 371 g/mol. The molecule has 0 aliphatic heterocycles. The highest BCUT2D eigenvalue weighted by atomic mass is 35.5. The predicted molar refractivity (Wildman–Crippen MR) is 82.1 cm³/mol. The molecule has 3 aromatic heterocycles. The Morgan fingerprint density at radius 1 is 1.32 bits per heavy atom. The van der Waals surface area contributed by atoms with E-state index >= 15 is 0 Å². The van der Waals surface area contributed by atoms with Crippen molar-refractivity contribution >= 4 is 11.6 Å². The molecular weight excluding hydrogens is 361 g/mol. The summed E-state index contributed by atoms with van der Waals surface area (Å²) in [5.74, 6) is -1.78. The molecule has 0 saturated heterocycles. The van der Waals surface area contributed by atoms with Crippen molar-refractivity contribution < 1.29 is 17.7 Å². The Bertz CT molecular complexity index is 981. The minimum atomic E-state index is -4.74. The lowest BCUT2D eigenvalue weighted by molar-refractivity contribution is -0.159. The van der Waals surface area contributed by atoms with Gasteiger partial charge in [0, 0.05) is 29.0 Å². The van der Waals surface area contributed by atoms with Gasteiger partial charge in [-0.15, -0.1) is 0 Å². The summed E-state index contributed by atoms with van der Waals surface area (Å²) in [7, 11) is 0. The van der Waals surface area contributed by atoms with Crippen molar-refractivity contribution in [1.82, 2.24) is 19.7 Å². The van der Waals surface area contributed by atoms with Crippen LogP contribution in [0.5, 0.6) is 0 Å². The molecule has 0 N–H and O–H groups in total. The van der Waals surface area contributed by atoms with Crippen molar-refractivity contribution in [3.05, 3.63) is 63.1 Å². The van der Waals surface area contributed by atoms with Crippen LogP contribution >= 0.6 is 11.6 Å². The molecule has 3 aromatic rings. The highest BCUT2D eigenvalue weighted by molar-refractivity contribution is 6.31. The fourth-order valence-electron chi connectivity index (χ4n) is 2.11. The highest BCUT2D eigenvalue weighted by Crippen LogP contribution is 2.29. The first-order valence-electron chi connectivity index (χ1n) is 6.97. The third-order valence-electron chi connectivity index (χ3n) is 3.49. The molecule has 3 heterocycles. The molecule has 0 unspecified atom stereocenters. The number of halogens is 4. The SMILES string of the molecule is Cc1c(Cl)ccnc1Cn1ccc(-c2noc(C(F)(F)F)n2)cc1=O. The molecule has 0 amide bonds. The summed E-state index contributed by atoms with van der Waals surface area (Å²) in [5, 5.41) is 3.78. The minimum absolute atomic E-state index is 0.122. The Morgan fingerprint density at radius 3 is 2.72 bits per heavy atom. The van der Waals surface area contributed by atoms with Crippen molar-refractivity contribution in [2.45, 2.75) is 19.6 Å². The molecule has 10 heteroatoms. The van der Waals surface area contributed by atoms with E-state index in [0.29, 0.717) is 10.7 Å². The summed E-state index contributed by atoms with van der Waals surface area (Å²) in [6.07, 6.45) is -1.79. The van der Waals surface area contributed by atoms with Crippen LogP contribution in [0.25, 0.3) is 11.4 Å². The molecular formula is C15H10ClF3N4O2. The Kier molecular flexibility index (Phi) is 4.34. The van der Waals surface area contributed by atoms with E-state index in [2.05, 4.69) is 19.6 Å². The van der Waals surface area contributed by atoms with Crippen LogP contribution in [0.15, 0.2) is 39.9 Å². The first-order valence-corrected chi connectivity index (χ1v) is 7.35. The van der Waals surface area contributed by atoms with Crippen LogP contribution in [0, 0.1) is 6.92 Å². The van der Waals surface area contributed by atoms with Crippen LogP contribution in [0.1, 0.15) is 17.1 Å². The average Bonchev–Trinajstić information content (AvgIpc) is 3.04. The molecule has 0 atom stereocenters. The standard InChI is InChI=1S/C15H10ClF3N4O2/c1-8-10(16)2-4-20-11(8)7-23-5-3-9(6-12(23)24)13-21-14(25-22-13)15(17,18)19/h2-6H,7H2,1H3. The number of hydrogen-bond acceptors (Lipinski definition) is 5. The second kappa shape index (κ2) is 6.32. The van der Waals surface area contributed by atoms with Crippen molar-refractivity contribution in [2.24, 2.45) is 0 Å². The van der Waals surface area contributed by atoms with Gasteiger partial charge in [-0.05, 0) is 24.6 Å². The van der Waals surface area contributed by atoms with Gasteiger partial charge in [-0.2, -0.15) is 18.2 Å². The zero-order chi connectivity index (χ0) is 18.2. The number of pyridine rings is 2. The van der Waals surface area contributed by atoms with E-state index < -0.39 is 17.6 Å². The Hall–Kier alpha value is -2.68. The molecule has 0 radical (unpaired) electrons. The summed E-state index contributed by atoms with van der Waals surface area (Å²) >= 11 is 6.02. The number of hydrogen-bond donors (Lipinski definition) is 0. The molecule has 0 aliphatic rings. The highest BCUT2D eigenvalue weighted by Gasteiger charge is 2.38. The van der Waals surface area contributed by atoms with Crippen molar-refractivity contribution in [3.8, 4) is 11.4 Å². The van der Waals surface area contributed by atoms with Crippen LogP contribution in [0.3, 0.4) is 0 Å². The minimum Gasteiger partial charge on any atom is -0.329 e. The Balaban J connectivity index is 1.90. The zero-order valence-electron chi connectivity index (χ0n) is 12.7. The largest absolute Gasteiger partial charge is 0.471 e. The molecule has 130 valence electrons. The number of nitrogens with zero attached hydrogens (tertiary/aromatic N) is 4. The summed E-state index contributed by atoms with van der Waals surface area (Å²) in [6, 6.07) is 4.19. The normalized spacial score (nSPS) is 11.7. The Morgan fingerprint density at radius 2 is 2.08 bits per heavy atom. The monoisotopic (exact) mass is 370 g/mol. The fourth-order valence-corrected chi connectivity index (χ4v) is 2.27. The van der Waals surface area contributed by atoms with E-state index in [4.69, 9.17) is 11.6 Å². The third-order valence-corrected chi connectivity index (χ3v) is 3.89. The number of alkyl halides is 3. The second-order valence-electron chi connectivity index (χ2n) is 5.17. The quantitative estimate of drug-likeness (QED) is 0.707. The van der Waals surface area contributed by atoms with Crippen LogP contribution < -0.4 is 5.56 Å². The van der Waals surface area contributed by atoms with Gasteiger partial charge >= 0.3 is 12.1 Å². The van der Waals surface area contributed by atoms with E-state index in [9.17, 15) is 18.0 Å². The summed E-state index contributed by atoms with van der Waals surface area (Å²) < 4.78 is 43.0. The van der Waals surface area contributed by atoms with Crippen molar-refractivity contribution in [1.29, 1.82) is 0 Å². The maximum atomic E-state index is 12.5. The summed E-state index contributed by atoms with van der Waals surface area (Å²) in [5.41, 5.74) is 1.03. The van der Waals surface area contributed by atoms with E-state index in [1.807, 2.05) is 0 Å². The summed E-state index contributed by atoms with van der Waals surface area (Å²) in [4.78, 5) is 19.6. The van der Waals surface area contributed by atoms with Crippen LogP contribution in [-0.4, -0.2) is 19.7 Å². The van der Waals surface area contributed by atoms with E-state index in [1.54, 1.807) is 13.0 Å². The number of rotatable bonds is 3. The van der Waals surface area contributed by atoms with Crippen LogP contribution in [0.4, 0.5) is 13.2 Å². The molecule has 0 fully saturated rings. The predicted octanol–water partition coefficient (Wildman–Crippen LogP) is 3.32. The van der Waals surface area contributed by atoms with Gasteiger partial charge < -0.3 is 9.09 Å². The lowest BCUT2D eigenvalue weighted by atomic mass is 10.2. The Labute approximate surface area is 143 Å². The van der Waals surface area contributed by atoms with Gasteiger partial charge in [0.15, 0.2) is 0 Å². The molecule has 0 aliphatic carbocycles. The van der Waals surface area contributed by atoms with Crippen LogP contribution in [0.2, 0.25) is 5.02 Å². The molecule has 0 aromatic carbocycles. The first kappa shape index (κ1) is 17.2. The zero-order valence-corrected chi connectivity index (χ0v) is 13.5. The smallest absolute Gasteiger partial charge is 0.329 e. The third kappa shape index (κ3) is 3.55. The van der Waals surface area contributed by atoms with E-state index in [0.717, 1.165) is 11.6 Å². The molecule has 0 saturated carbocycles. The maximum Gasteiger partial charge on any atom is 0.471 e. The van der Waals surface area contributed by atoms with Crippen molar-refractivity contribution in [3.63, 3.8) is 0 Å². The van der Waals surface area contributed by atoms with Gasteiger partial charge in [0.1, 0.15) is 0 Å². The summed E-state index contributed by atoms with van der Waals surface area (Å²) in [6.45, 7) is 1.95. The van der Waals surface area contributed by atoms with Crippen molar-refractivity contribution in [2.75, 3.05) is 0 Å². The van der Waals surface area contributed by atoms with Gasteiger partial charge in [-0.25, -0.2) is 0 Å². The first-order chi connectivity index (χ1) is 11.8. The lowest BCUT2D eigenvalue weighted by Crippen LogP contribution is -2.20. The lowest BCUT2D eigenvalue weighted by Gasteiger charge is -2.09. The maximum absolute atomic E-state index is 12.5. The molecule has 6 nitrogen and oxygen atoms in total. The van der Waals surface area contributed by atoms with Gasteiger partial charge in [0.05, 0.1) is 12.2 Å². The molecule has 3 rings (SSSR count). The number of aromatic nitrogens is 4. The second-order valence-corrected chi connectivity index (χ2v) is 5.57. The molecule has 25 heavy (non-hydrogen) atoms. The molecule has 0 bridgehead atoms. The van der Waals surface area contributed by atoms with Gasteiger partial charge in [-0.3, -0.25) is 9.78 Å². The van der Waals surface area contributed by atoms with Gasteiger partial charge in [-0.1, -0.05) is 16.8 Å². The van der Waals surface area contributed by atoms with Gasteiger partial charge in [0.2, 0.25) is 5.82 Å². The molecule has 0 spiro atoms. The van der Waals surface area contributed by atoms with E-state index in [-0.39, 0.29) is 17.9 Å². The van der Waals surface area contributed by atoms with Gasteiger partial charge in [0.25, 0.3) is 5.56 Å². The van der Waals surface area contributed by atoms with E-state index in [1.165, 1.54) is 23.0 Å². The van der Waals surface area contributed by atoms with Crippen LogP contribution in [-0.2, 0) is 12.7 Å².